The van der Waals surface area contributed by atoms with Crippen LogP contribution in [0.4, 0.5) is 0 Å². The first kappa shape index (κ1) is 15.5. The quantitative estimate of drug-likeness (QED) is 0.639. The van der Waals surface area contributed by atoms with Crippen molar-refractivity contribution in [1.29, 1.82) is 0 Å². The Balaban J connectivity index is 2.11. The van der Waals surface area contributed by atoms with E-state index in [1.54, 1.807) is 0 Å². The lowest BCUT2D eigenvalue weighted by atomic mass is 10.1. The Kier molecular flexibility index (Phi) is 5.99. The van der Waals surface area contributed by atoms with Gasteiger partial charge in [-0.25, -0.2) is 0 Å². The van der Waals surface area contributed by atoms with Crippen LogP contribution in [0.15, 0.2) is 12.1 Å². The van der Waals surface area contributed by atoms with Crippen molar-refractivity contribution in [2.24, 2.45) is 0 Å². The SMILES string of the molecule is CCCOc1cc(OCCC)c(CCC2CO2)cc1Cl. The number of aryl methyl sites for hydroxylation is 1. The molecule has 1 aliphatic heterocycles. The van der Waals surface area contributed by atoms with Crippen LogP contribution in [-0.2, 0) is 11.2 Å². The summed E-state index contributed by atoms with van der Waals surface area (Å²) in [5, 5.41) is 0.661. The van der Waals surface area contributed by atoms with Crippen LogP contribution >= 0.6 is 11.6 Å². The van der Waals surface area contributed by atoms with Crippen molar-refractivity contribution < 1.29 is 14.2 Å². The maximum absolute atomic E-state index is 6.29. The summed E-state index contributed by atoms with van der Waals surface area (Å²) >= 11 is 6.29. The smallest absolute Gasteiger partial charge is 0.141 e. The van der Waals surface area contributed by atoms with Gasteiger partial charge >= 0.3 is 0 Å². The molecule has 3 nitrogen and oxygen atoms in total. The first-order chi connectivity index (χ1) is 9.74. The van der Waals surface area contributed by atoms with Crippen LogP contribution in [0.3, 0.4) is 0 Å². The minimum absolute atomic E-state index is 0.420. The number of benzene rings is 1. The minimum atomic E-state index is 0.420. The number of ether oxygens (including phenoxy) is 3. The molecule has 0 aliphatic carbocycles. The lowest BCUT2D eigenvalue weighted by molar-refractivity contribution is 0.299. The Bertz CT molecular complexity index is 430. The highest BCUT2D eigenvalue weighted by atomic mass is 35.5. The Morgan fingerprint density at radius 2 is 1.80 bits per heavy atom. The fourth-order valence-corrected chi connectivity index (χ4v) is 2.23. The Labute approximate surface area is 126 Å². The lowest BCUT2D eigenvalue weighted by Crippen LogP contribution is -2.03. The van der Waals surface area contributed by atoms with Gasteiger partial charge in [-0.1, -0.05) is 25.4 Å². The van der Waals surface area contributed by atoms with Gasteiger partial charge in [0.15, 0.2) is 0 Å². The van der Waals surface area contributed by atoms with Crippen molar-refractivity contribution in [3.05, 3.63) is 22.7 Å². The normalized spacial score (nSPS) is 17.1. The zero-order valence-corrected chi connectivity index (χ0v) is 13.0. The van der Waals surface area contributed by atoms with Crippen LogP contribution < -0.4 is 9.47 Å². The second-order valence-corrected chi connectivity index (χ2v) is 5.49. The van der Waals surface area contributed by atoms with Gasteiger partial charge in [-0.15, -0.1) is 0 Å². The first-order valence-corrected chi connectivity index (χ1v) is 7.82. The third-order valence-corrected chi connectivity index (χ3v) is 3.47. The van der Waals surface area contributed by atoms with E-state index in [-0.39, 0.29) is 0 Å². The molecule has 1 atom stereocenters. The predicted molar refractivity (Wildman–Crippen MR) is 81.1 cm³/mol. The standard InChI is InChI=1S/C16H23ClO3/c1-3-7-18-15-10-16(19-8-4-2)14(17)9-12(15)5-6-13-11-20-13/h9-10,13H,3-8,11H2,1-2H3. The van der Waals surface area contributed by atoms with Gasteiger partial charge in [0, 0.05) is 6.07 Å². The molecule has 0 bridgehead atoms. The topological polar surface area (TPSA) is 31.0 Å². The summed E-state index contributed by atoms with van der Waals surface area (Å²) in [6, 6.07) is 3.90. The number of epoxide rings is 1. The van der Waals surface area contributed by atoms with Gasteiger partial charge < -0.3 is 14.2 Å². The van der Waals surface area contributed by atoms with Crippen LogP contribution in [0.1, 0.15) is 38.7 Å². The van der Waals surface area contributed by atoms with Gasteiger partial charge in [0.2, 0.25) is 0 Å². The van der Waals surface area contributed by atoms with E-state index in [2.05, 4.69) is 13.8 Å². The fraction of sp³-hybridized carbons (Fsp3) is 0.625. The van der Waals surface area contributed by atoms with Gasteiger partial charge in [-0.3, -0.25) is 0 Å². The van der Waals surface area contributed by atoms with Gasteiger partial charge in [0.05, 0.1) is 30.9 Å². The molecule has 0 radical (unpaired) electrons. The third kappa shape index (κ3) is 4.57. The number of halogens is 1. The molecule has 1 heterocycles. The van der Waals surface area contributed by atoms with Crippen LogP contribution in [0.5, 0.6) is 11.5 Å². The van der Waals surface area contributed by atoms with E-state index in [1.807, 2.05) is 12.1 Å². The van der Waals surface area contributed by atoms with Crippen LogP contribution in [0, 0.1) is 0 Å². The molecule has 0 spiro atoms. The summed E-state index contributed by atoms with van der Waals surface area (Å²) in [4.78, 5) is 0. The second kappa shape index (κ2) is 7.75. The summed E-state index contributed by atoms with van der Waals surface area (Å²) in [7, 11) is 0. The second-order valence-electron chi connectivity index (χ2n) is 5.08. The molecule has 1 saturated heterocycles. The summed E-state index contributed by atoms with van der Waals surface area (Å²) in [6.45, 7) is 6.44. The van der Waals surface area contributed by atoms with Crippen molar-refractivity contribution in [1.82, 2.24) is 0 Å². The van der Waals surface area contributed by atoms with Crippen LogP contribution in [0.25, 0.3) is 0 Å². The van der Waals surface area contributed by atoms with E-state index in [0.29, 0.717) is 30.1 Å². The first-order valence-electron chi connectivity index (χ1n) is 7.44. The predicted octanol–water partition coefficient (Wildman–Crippen LogP) is 4.25. The highest BCUT2D eigenvalue weighted by molar-refractivity contribution is 6.32. The van der Waals surface area contributed by atoms with Crippen molar-refractivity contribution >= 4 is 11.6 Å². The summed E-state index contributed by atoms with van der Waals surface area (Å²) < 4.78 is 16.8. The largest absolute Gasteiger partial charge is 0.493 e. The minimum Gasteiger partial charge on any atom is -0.493 e. The van der Waals surface area contributed by atoms with Crippen molar-refractivity contribution in [3.63, 3.8) is 0 Å². The fourth-order valence-electron chi connectivity index (χ4n) is 1.99. The summed E-state index contributed by atoms with van der Waals surface area (Å²) in [5.41, 5.74) is 1.14. The van der Waals surface area contributed by atoms with Crippen molar-refractivity contribution in [2.45, 2.75) is 45.6 Å². The molecule has 1 unspecified atom stereocenters. The molecule has 112 valence electrons. The maximum Gasteiger partial charge on any atom is 0.141 e. The third-order valence-electron chi connectivity index (χ3n) is 3.18. The number of hydrogen-bond donors (Lipinski definition) is 0. The molecule has 2 rings (SSSR count). The molecule has 1 aromatic rings. The molecule has 0 saturated carbocycles. The summed E-state index contributed by atoms with van der Waals surface area (Å²) in [5.74, 6) is 1.61. The average molecular weight is 299 g/mol. The number of hydrogen-bond acceptors (Lipinski definition) is 3. The van der Waals surface area contributed by atoms with Gasteiger partial charge in [-0.2, -0.15) is 0 Å². The van der Waals surface area contributed by atoms with Crippen LogP contribution in [0.2, 0.25) is 5.02 Å². The lowest BCUT2D eigenvalue weighted by Gasteiger charge is -2.15. The highest BCUT2D eigenvalue weighted by Crippen LogP contribution is 2.34. The van der Waals surface area contributed by atoms with Crippen molar-refractivity contribution in [2.75, 3.05) is 19.8 Å². The molecule has 1 aromatic carbocycles. The Hall–Kier alpha value is -0.930. The van der Waals surface area contributed by atoms with E-state index >= 15 is 0 Å². The molecule has 1 fully saturated rings. The van der Waals surface area contributed by atoms with Gasteiger partial charge in [-0.05, 0) is 37.3 Å². The average Bonchev–Trinajstić information content (AvgIpc) is 3.26. The molecule has 0 aromatic heterocycles. The maximum atomic E-state index is 6.29. The zero-order chi connectivity index (χ0) is 14.4. The molecule has 4 heteroatoms. The highest BCUT2D eigenvalue weighted by Gasteiger charge is 2.23. The molecule has 0 amide bonds. The van der Waals surface area contributed by atoms with E-state index < -0.39 is 0 Å². The van der Waals surface area contributed by atoms with E-state index in [0.717, 1.165) is 43.6 Å². The monoisotopic (exact) mass is 298 g/mol. The molecular formula is C16H23ClO3. The van der Waals surface area contributed by atoms with Crippen molar-refractivity contribution in [3.8, 4) is 11.5 Å². The zero-order valence-electron chi connectivity index (χ0n) is 12.3. The molecule has 0 N–H and O–H groups in total. The summed E-state index contributed by atoms with van der Waals surface area (Å²) in [6.07, 6.45) is 4.32. The molecule has 20 heavy (non-hydrogen) atoms. The number of rotatable bonds is 9. The van der Waals surface area contributed by atoms with E-state index in [4.69, 9.17) is 25.8 Å². The molecular weight excluding hydrogens is 276 g/mol. The molecule has 1 aliphatic rings. The Morgan fingerprint density at radius 3 is 2.40 bits per heavy atom. The van der Waals surface area contributed by atoms with E-state index in [9.17, 15) is 0 Å². The Morgan fingerprint density at radius 1 is 1.15 bits per heavy atom. The van der Waals surface area contributed by atoms with Gasteiger partial charge in [0.1, 0.15) is 11.5 Å². The van der Waals surface area contributed by atoms with Crippen LogP contribution in [-0.4, -0.2) is 25.9 Å². The van der Waals surface area contributed by atoms with E-state index in [1.165, 1.54) is 0 Å². The van der Waals surface area contributed by atoms with Gasteiger partial charge in [0.25, 0.3) is 0 Å².